The number of aromatic amines is 1. The number of anilines is 1. The number of fused-ring (bicyclic) bond motifs is 1. The van der Waals surface area contributed by atoms with Gasteiger partial charge in [0.2, 0.25) is 0 Å². The first kappa shape index (κ1) is 9.70. The Kier molecular flexibility index (Phi) is 2.31. The molecule has 3 rings (SSSR count). The summed E-state index contributed by atoms with van der Waals surface area (Å²) in [6.07, 6.45) is 2.56. The number of H-pyrrole nitrogens is 1. The summed E-state index contributed by atoms with van der Waals surface area (Å²) in [6, 6.07) is 8.35. The van der Waals surface area contributed by atoms with Crippen LogP contribution >= 0.6 is 0 Å². The quantitative estimate of drug-likeness (QED) is 0.793. The van der Waals surface area contributed by atoms with Gasteiger partial charge in [-0.05, 0) is 30.9 Å². The Hall–Kier alpha value is -1.51. The molecule has 1 fully saturated rings. The summed E-state index contributed by atoms with van der Waals surface area (Å²) in [4.78, 5) is 2.40. The van der Waals surface area contributed by atoms with Crippen LogP contribution < -0.4 is 4.90 Å². The zero-order valence-corrected chi connectivity index (χ0v) is 9.61. The maximum Gasteiger partial charge on any atom is 0.158 e. The lowest BCUT2D eigenvalue weighted by Crippen LogP contribution is -2.33. The molecule has 0 amide bonds. The van der Waals surface area contributed by atoms with Crippen molar-refractivity contribution in [1.29, 1.82) is 0 Å². The van der Waals surface area contributed by atoms with Crippen LogP contribution in [-0.4, -0.2) is 23.3 Å². The van der Waals surface area contributed by atoms with Crippen molar-refractivity contribution in [2.75, 3.05) is 18.0 Å². The molecule has 1 aliphatic heterocycles. The molecule has 0 unspecified atom stereocenters. The molecule has 0 spiro atoms. The largest absolute Gasteiger partial charge is 0.355 e. The first-order valence-corrected chi connectivity index (χ1v) is 6.02. The topological polar surface area (TPSA) is 31.9 Å². The van der Waals surface area contributed by atoms with Crippen molar-refractivity contribution in [2.45, 2.75) is 19.8 Å². The van der Waals surface area contributed by atoms with Gasteiger partial charge in [0.25, 0.3) is 0 Å². The number of nitrogens with zero attached hydrogens (tertiary/aromatic N) is 2. The highest BCUT2D eigenvalue weighted by Gasteiger charge is 2.19. The van der Waals surface area contributed by atoms with Crippen molar-refractivity contribution in [2.24, 2.45) is 5.92 Å². The van der Waals surface area contributed by atoms with E-state index in [4.69, 9.17) is 0 Å². The van der Waals surface area contributed by atoms with Gasteiger partial charge in [-0.2, -0.15) is 5.10 Å². The minimum atomic E-state index is 0.862. The highest BCUT2D eigenvalue weighted by molar-refractivity contribution is 5.90. The average molecular weight is 215 g/mol. The van der Waals surface area contributed by atoms with E-state index < -0.39 is 0 Å². The molecule has 1 N–H and O–H groups in total. The molecule has 1 aliphatic rings. The molecule has 0 saturated carbocycles. The van der Waals surface area contributed by atoms with E-state index in [1.54, 1.807) is 0 Å². The third kappa shape index (κ3) is 1.56. The third-order valence-electron chi connectivity index (χ3n) is 3.53. The van der Waals surface area contributed by atoms with Crippen molar-refractivity contribution >= 4 is 16.7 Å². The average Bonchev–Trinajstić information content (AvgIpc) is 2.74. The van der Waals surface area contributed by atoms with Gasteiger partial charge in [0.15, 0.2) is 5.82 Å². The van der Waals surface area contributed by atoms with E-state index in [2.05, 4.69) is 40.2 Å². The molecule has 1 saturated heterocycles. The second kappa shape index (κ2) is 3.81. The fourth-order valence-corrected chi connectivity index (χ4v) is 2.41. The summed E-state index contributed by atoms with van der Waals surface area (Å²) < 4.78 is 0. The van der Waals surface area contributed by atoms with E-state index in [1.165, 1.54) is 18.2 Å². The van der Waals surface area contributed by atoms with Gasteiger partial charge in [-0.25, -0.2) is 0 Å². The Morgan fingerprint density at radius 2 is 2.00 bits per heavy atom. The standard InChI is InChI=1S/C13H17N3/c1-10-6-8-16(9-7-10)13-11-4-2-3-5-12(11)14-15-13/h2-5,10H,6-9H2,1H3,(H,14,15). The van der Waals surface area contributed by atoms with Gasteiger partial charge in [-0.3, -0.25) is 5.10 Å². The number of para-hydroxylation sites is 1. The molecule has 0 atom stereocenters. The zero-order valence-electron chi connectivity index (χ0n) is 9.61. The minimum Gasteiger partial charge on any atom is -0.355 e. The van der Waals surface area contributed by atoms with E-state index in [1.807, 2.05) is 6.07 Å². The third-order valence-corrected chi connectivity index (χ3v) is 3.53. The van der Waals surface area contributed by atoms with Crippen molar-refractivity contribution in [3.05, 3.63) is 24.3 Å². The van der Waals surface area contributed by atoms with Crippen LogP contribution in [-0.2, 0) is 0 Å². The number of hydrogen-bond donors (Lipinski definition) is 1. The lowest BCUT2D eigenvalue weighted by atomic mass is 9.99. The maximum atomic E-state index is 4.44. The van der Waals surface area contributed by atoms with Crippen molar-refractivity contribution < 1.29 is 0 Å². The monoisotopic (exact) mass is 215 g/mol. The highest BCUT2D eigenvalue weighted by atomic mass is 15.3. The van der Waals surface area contributed by atoms with Crippen LogP contribution in [0.1, 0.15) is 19.8 Å². The molecule has 3 heteroatoms. The zero-order chi connectivity index (χ0) is 11.0. The second-order valence-electron chi connectivity index (χ2n) is 4.76. The Balaban J connectivity index is 1.94. The van der Waals surface area contributed by atoms with Crippen molar-refractivity contribution in [3.63, 3.8) is 0 Å². The summed E-state index contributed by atoms with van der Waals surface area (Å²) in [5.74, 6) is 1.99. The number of aromatic nitrogens is 2. The predicted molar refractivity (Wildman–Crippen MR) is 66.7 cm³/mol. The van der Waals surface area contributed by atoms with Crippen molar-refractivity contribution in [1.82, 2.24) is 10.2 Å². The highest BCUT2D eigenvalue weighted by Crippen LogP contribution is 2.27. The molecule has 2 aromatic rings. The van der Waals surface area contributed by atoms with Crippen LogP contribution in [0.5, 0.6) is 0 Å². The molecule has 2 heterocycles. The van der Waals surface area contributed by atoms with Crippen LogP contribution in [0.25, 0.3) is 10.9 Å². The lowest BCUT2D eigenvalue weighted by Gasteiger charge is -2.30. The Morgan fingerprint density at radius 3 is 2.81 bits per heavy atom. The molecule has 16 heavy (non-hydrogen) atoms. The Bertz CT molecular complexity index is 481. The number of nitrogens with one attached hydrogen (secondary N) is 1. The number of piperidine rings is 1. The predicted octanol–water partition coefficient (Wildman–Crippen LogP) is 2.80. The van der Waals surface area contributed by atoms with E-state index in [-0.39, 0.29) is 0 Å². The molecule has 0 bridgehead atoms. The molecular formula is C13H17N3. The van der Waals surface area contributed by atoms with Crippen molar-refractivity contribution in [3.8, 4) is 0 Å². The van der Waals surface area contributed by atoms with Gasteiger partial charge in [-0.15, -0.1) is 0 Å². The van der Waals surface area contributed by atoms with Gasteiger partial charge in [-0.1, -0.05) is 19.1 Å². The van der Waals surface area contributed by atoms with Gasteiger partial charge < -0.3 is 4.90 Å². The van der Waals surface area contributed by atoms with E-state index in [0.717, 1.165) is 30.3 Å². The maximum absolute atomic E-state index is 4.44. The molecule has 1 aromatic heterocycles. The number of hydrogen-bond acceptors (Lipinski definition) is 2. The fourth-order valence-electron chi connectivity index (χ4n) is 2.41. The van der Waals surface area contributed by atoms with Crippen LogP contribution in [0, 0.1) is 5.92 Å². The second-order valence-corrected chi connectivity index (χ2v) is 4.76. The minimum absolute atomic E-state index is 0.862. The smallest absolute Gasteiger partial charge is 0.158 e. The Morgan fingerprint density at radius 1 is 1.25 bits per heavy atom. The first-order valence-electron chi connectivity index (χ1n) is 6.02. The molecule has 3 nitrogen and oxygen atoms in total. The van der Waals surface area contributed by atoms with Crippen LogP contribution in [0.15, 0.2) is 24.3 Å². The molecular weight excluding hydrogens is 198 g/mol. The number of rotatable bonds is 1. The SMILES string of the molecule is CC1CCN(c2n[nH]c3ccccc23)CC1. The van der Waals surface area contributed by atoms with E-state index in [9.17, 15) is 0 Å². The van der Waals surface area contributed by atoms with Crippen LogP contribution in [0.4, 0.5) is 5.82 Å². The van der Waals surface area contributed by atoms with E-state index in [0.29, 0.717) is 0 Å². The summed E-state index contributed by atoms with van der Waals surface area (Å²) in [7, 11) is 0. The molecule has 84 valence electrons. The molecule has 1 aromatic carbocycles. The summed E-state index contributed by atoms with van der Waals surface area (Å²) in [6.45, 7) is 4.60. The first-order chi connectivity index (χ1) is 7.84. The molecule has 0 radical (unpaired) electrons. The van der Waals surface area contributed by atoms with Gasteiger partial charge >= 0.3 is 0 Å². The van der Waals surface area contributed by atoms with Crippen LogP contribution in [0.2, 0.25) is 0 Å². The normalized spacial score (nSPS) is 18.2. The summed E-state index contributed by atoms with van der Waals surface area (Å²) >= 11 is 0. The molecule has 0 aliphatic carbocycles. The fraction of sp³-hybridized carbons (Fsp3) is 0.462. The van der Waals surface area contributed by atoms with Crippen LogP contribution in [0.3, 0.4) is 0 Å². The van der Waals surface area contributed by atoms with Gasteiger partial charge in [0.05, 0.1) is 5.52 Å². The lowest BCUT2D eigenvalue weighted by molar-refractivity contribution is 0.437. The summed E-state index contributed by atoms with van der Waals surface area (Å²) in [5.41, 5.74) is 1.14. The summed E-state index contributed by atoms with van der Waals surface area (Å²) in [5, 5.41) is 8.80. The van der Waals surface area contributed by atoms with Gasteiger partial charge in [0, 0.05) is 18.5 Å². The van der Waals surface area contributed by atoms with Gasteiger partial charge in [0.1, 0.15) is 0 Å². The number of benzene rings is 1. The Labute approximate surface area is 95.5 Å². The van der Waals surface area contributed by atoms with E-state index >= 15 is 0 Å².